The van der Waals surface area contributed by atoms with Crippen LogP contribution < -0.4 is 0 Å². The Hall–Kier alpha value is -1.11. The van der Waals surface area contributed by atoms with E-state index in [0.29, 0.717) is 17.1 Å². The van der Waals surface area contributed by atoms with Gasteiger partial charge in [0.2, 0.25) is 0 Å². The van der Waals surface area contributed by atoms with Crippen LogP contribution in [0, 0.1) is 24.2 Å². The number of hydrogen-bond acceptors (Lipinski definition) is 1. The maximum absolute atomic E-state index is 12.1. The van der Waals surface area contributed by atoms with E-state index in [-0.39, 0.29) is 5.92 Å². The lowest BCUT2D eigenvalue weighted by Gasteiger charge is -2.37. The summed E-state index contributed by atoms with van der Waals surface area (Å²) in [5.74, 6) is 1.39. The summed E-state index contributed by atoms with van der Waals surface area (Å²) in [4.78, 5) is 12.1. The Morgan fingerprint density at radius 1 is 1.16 bits per heavy atom. The Kier molecular flexibility index (Phi) is 4.13. The highest BCUT2D eigenvalue weighted by atomic mass is 16.1. The minimum atomic E-state index is 0.237. The third-order valence-corrected chi connectivity index (χ3v) is 4.59. The molecule has 0 spiro atoms. The standard InChI is InChI=1S/C18H26O/c1-13-5-7-14(8-6-13)11-15-12-16(18(2,3)4)9-10-17(15)19/h5-8,15-16H,9-12H2,1-4H3. The summed E-state index contributed by atoms with van der Waals surface area (Å²) >= 11 is 0. The molecule has 1 saturated carbocycles. The van der Waals surface area contributed by atoms with Gasteiger partial charge in [0.1, 0.15) is 5.78 Å². The van der Waals surface area contributed by atoms with Gasteiger partial charge in [0, 0.05) is 12.3 Å². The van der Waals surface area contributed by atoms with Crippen molar-refractivity contribution in [3.05, 3.63) is 35.4 Å². The van der Waals surface area contributed by atoms with Crippen LogP contribution in [0.4, 0.5) is 0 Å². The highest BCUT2D eigenvalue weighted by Gasteiger charge is 2.34. The summed E-state index contributed by atoms with van der Waals surface area (Å²) in [6.07, 6.45) is 3.84. The summed E-state index contributed by atoms with van der Waals surface area (Å²) in [6, 6.07) is 8.63. The molecule has 104 valence electrons. The minimum absolute atomic E-state index is 0.237. The molecule has 1 aliphatic rings. The maximum Gasteiger partial charge on any atom is 0.136 e. The molecule has 0 radical (unpaired) electrons. The quantitative estimate of drug-likeness (QED) is 0.759. The van der Waals surface area contributed by atoms with Gasteiger partial charge in [-0.25, -0.2) is 0 Å². The summed E-state index contributed by atoms with van der Waals surface area (Å²) in [5.41, 5.74) is 2.91. The fraction of sp³-hybridized carbons (Fsp3) is 0.611. The van der Waals surface area contributed by atoms with Crippen molar-refractivity contribution in [2.24, 2.45) is 17.3 Å². The van der Waals surface area contributed by atoms with Crippen LogP contribution >= 0.6 is 0 Å². The van der Waals surface area contributed by atoms with Gasteiger partial charge >= 0.3 is 0 Å². The number of carbonyl (C=O) groups excluding carboxylic acids is 1. The average molecular weight is 258 g/mol. The van der Waals surface area contributed by atoms with Crippen LogP contribution in [0.3, 0.4) is 0 Å². The molecule has 1 aromatic rings. The van der Waals surface area contributed by atoms with Crippen LogP contribution in [0.15, 0.2) is 24.3 Å². The Morgan fingerprint density at radius 2 is 1.79 bits per heavy atom. The molecule has 1 nitrogen and oxygen atoms in total. The van der Waals surface area contributed by atoms with Gasteiger partial charge in [-0.2, -0.15) is 0 Å². The molecule has 1 aliphatic carbocycles. The average Bonchev–Trinajstić information content (AvgIpc) is 2.33. The molecule has 1 heteroatoms. The molecule has 19 heavy (non-hydrogen) atoms. The van der Waals surface area contributed by atoms with Crippen LogP contribution in [0.1, 0.15) is 51.2 Å². The first-order valence-corrected chi connectivity index (χ1v) is 7.44. The normalized spacial score (nSPS) is 24.5. The molecule has 0 heterocycles. The minimum Gasteiger partial charge on any atom is -0.299 e. The largest absolute Gasteiger partial charge is 0.299 e. The number of rotatable bonds is 2. The number of hydrogen-bond donors (Lipinski definition) is 0. The lowest BCUT2D eigenvalue weighted by molar-refractivity contribution is -0.126. The van der Waals surface area contributed by atoms with Crippen molar-refractivity contribution in [1.82, 2.24) is 0 Å². The van der Waals surface area contributed by atoms with Gasteiger partial charge in [0.05, 0.1) is 0 Å². The molecule has 2 atom stereocenters. The van der Waals surface area contributed by atoms with Crippen molar-refractivity contribution in [3.8, 4) is 0 Å². The van der Waals surface area contributed by atoms with Crippen LogP contribution in [0.2, 0.25) is 0 Å². The first-order valence-electron chi connectivity index (χ1n) is 7.44. The lowest BCUT2D eigenvalue weighted by atomic mass is 9.67. The lowest BCUT2D eigenvalue weighted by Crippen LogP contribution is -2.33. The smallest absolute Gasteiger partial charge is 0.136 e. The fourth-order valence-corrected chi connectivity index (χ4v) is 3.11. The van der Waals surface area contributed by atoms with E-state index in [1.54, 1.807) is 0 Å². The Morgan fingerprint density at radius 3 is 2.37 bits per heavy atom. The Balaban J connectivity index is 2.05. The zero-order chi connectivity index (χ0) is 14.0. The first-order chi connectivity index (χ1) is 8.86. The molecule has 1 fully saturated rings. The third kappa shape index (κ3) is 3.68. The highest BCUT2D eigenvalue weighted by molar-refractivity contribution is 5.82. The number of aryl methyl sites for hydroxylation is 1. The second kappa shape index (κ2) is 5.48. The van der Waals surface area contributed by atoms with Gasteiger partial charge in [0.15, 0.2) is 0 Å². The zero-order valence-corrected chi connectivity index (χ0v) is 12.7. The molecule has 0 aromatic heterocycles. The van der Waals surface area contributed by atoms with Crippen molar-refractivity contribution >= 4 is 5.78 Å². The summed E-state index contributed by atoms with van der Waals surface area (Å²) in [5, 5.41) is 0. The molecule has 0 N–H and O–H groups in total. The van der Waals surface area contributed by atoms with Gasteiger partial charge in [-0.1, -0.05) is 50.6 Å². The second-order valence-electron chi connectivity index (χ2n) is 7.19. The van der Waals surface area contributed by atoms with Crippen molar-refractivity contribution in [2.75, 3.05) is 0 Å². The van der Waals surface area contributed by atoms with E-state index in [0.717, 1.165) is 25.7 Å². The topological polar surface area (TPSA) is 17.1 Å². The maximum atomic E-state index is 12.1. The van der Waals surface area contributed by atoms with Gasteiger partial charge in [-0.3, -0.25) is 4.79 Å². The van der Waals surface area contributed by atoms with E-state index >= 15 is 0 Å². The number of benzene rings is 1. The SMILES string of the molecule is Cc1ccc(CC2CC(C(C)(C)C)CCC2=O)cc1. The Labute approximate surface area is 117 Å². The predicted molar refractivity (Wildman–Crippen MR) is 80.2 cm³/mol. The zero-order valence-electron chi connectivity index (χ0n) is 12.7. The number of Topliss-reactive ketones (excluding diaryl/α,β-unsaturated/α-hetero) is 1. The van der Waals surface area contributed by atoms with Crippen LogP contribution in [0.5, 0.6) is 0 Å². The molecule has 0 aliphatic heterocycles. The number of ketones is 1. The molecule has 0 amide bonds. The van der Waals surface area contributed by atoms with Crippen molar-refractivity contribution in [1.29, 1.82) is 0 Å². The van der Waals surface area contributed by atoms with Crippen molar-refractivity contribution in [2.45, 2.75) is 53.4 Å². The monoisotopic (exact) mass is 258 g/mol. The molecule has 1 aromatic carbocycles. The Bertz CT molecular complexity index is 436. The predicted octanol–water partition coefficient (Wildman–Crippen LogP) is 4.57. The van der Waals surface area contributed by atoms with E-state index in [1.807, 2.05) is 0 Å². The second-order valence-corrected chi connectivity index (χ2v) is 7.19. The van der Waals surface area contributed by atoms with Gasteiger partial charge in [-0.15, -0.1) is 0 Å². The summed E-state index contributed by atoms with van der Waals surface area (Å²) < 4.78 is 0. The van der Waals surface area contributed by atoms with Gasteiger partial charge in [-0.05, 0) is 43.1 Å². The molecule has 2 rings (SSSR count). The summed E-state index contributed by atoms with van der Waals surface area (Å²) in [7, 11) is 0. The van der Waals surface area contributed by atoms with E-state index in [4.69, 9.17) is 0 Å². The van der Waals surface area contributed by atoms with Gasteiger partial charge in [0.25, 0.3) is 0 Å². The van der Waals surface area contributed by atoms with Crippen molar-refractivity contribution < 1.29 is 4.79 Å². The van der Waals surface area contributed by atoms with Crippen LogP contribution in [0.25, 0.3) is 0 Å². The van der Waals surface area contributed by atoms with Gasteiger partial charge < -0.3 is 0 Å². The first kappa shape index (κ1) is 14.3. The third-order valence-electron chi connectivity index (χ3n) is 4.59. The molecule has 2 unspecified atom stereocenters. The van der Waals surface area contributed by atoms with E-state index in [1.165, 1.54) is 11.1 Å². The number of carbonyl (C=O) groups is 1. The van der Waals surface area contributed by atoms with Crippen molar-refractivity contribution in [3.63, 3.8) is 0 Å². The van der Waals surface area contributed by atoms with Crippen LogP contribution in [-0.4, -0.2) is 5.78 Å². The molecule has 0 bridgehead atoms. The van der Waals surface area contributed by atoms with E-state index in [2.05, 4.69) is 52.0 Å². The molecule has 0 saturated heterocycles. The summed E-state index contributed by atoms with van der Waals surface area (Å²) in [6.45, 7) is 9.01. The van der Waals surface area contributed by atoms with E-state index < -0.39 is 0 Å². The molecular weight excluding hydrogens is 232 g/mol. The molecular formula is C18H26O. The van der Waals surface area contributed by atoms with Crippen LogP contribution in [-0.2, 0) is 11.2 Å². The van der Waals surface area contributed by atoms with E-state index in [9.17, 15) is 4.79 Å². The highest BCUT2D eigenvalue weighted by Crippen LogP contribution is 2.39. The fourth-order valence-electron chi connectivity index (χ4n) is 3.11.